The van der Waals surface area contributed by atoms with Gasteiger partial charge in [-0.25, -0.2) is 14.8 Å². The predicted octanol–water partition coefficient (Wildman–Crippen LogP) is 1.91. The first-order valence-electron chi connectivity index (χ1n) is 10.1. The number of fused-ring (bicyclic) bond motifs is 1. The minimum atomic E-state index is -0.659. The summed E-state index contributed by atoms with van der Waals surface area (Å²) in [5, 5.41) is 11.7. The summed E-state index contributed by atoms with van der Waals surface area (Å²) < 4.78 is 12.5. The zero-order valence-corrected chi connectivity index (χ0v) is 18.2. The number of thiazole rings is 1. The van der Waals surface area contributed by atoms with E-state index in [0.29, 0.717) is 42.3 Å². The number of carbonyl (C=O) groups is 1. The van der Waals surface area contributed by atoms with Crippen molar-refractivity contribution < 1.29 is 19.4 Å². The van der Waals surface area contributed by atoms with Crippen molar-refractivity contribution >= 4 is 34.2 Å². The third-order valence-electron chi connectivity index (χ3n) is 5.09. The lowest BCUT2D eigenvalue weighted by atomic mass is 10.1. The second kappa shape index (κ2) is 9.13. The van der Waals surface area contributed by atoms with Gasteiger partial charge in [0, 0.05) is 44.1 Å². The molecule has 3 aromatic heterocycles. The van der Waals surface area contributed by atoms with Crippen LogP contribution in [0.1, 0.15) is 29.3 Å². The van der Waals surface area contributed by atoms with E-state index in [1.165, 1.54) is 17.5 Å². The van der Waals surface area contributed by atoms with Gasteiger partial charge in [-0.05, 0) is 31.9 Å². The van der Waals surface area contributed by atoms with Gasteiger partial charge in [-0.3, -0.25) is 9.36 Å². The molecule has 0 unspecified atom stereocenters. The van der Waals surface area contributed by atoms with E-state index < -0.39 is 11.4 Å². The summed E-state index contributed by atoms with van der Waals surface area (Å²) in [6, 6.07) is 1.86. The van der Waals surface area contributed by atoms with Gasteiger partial charge in [0.2, 0.25) is 5.43 Å². The van der Waals surface area contributed by atoms with E-state index in [2.05, 4.69) is 9.88 Å². The number of anilines is 1. The Labute approximate surface area is 182 Å². The standard InChI is InChI=1S/C21H24N4O5S/c1-3-29-20(28)15-12-25(21-22-5-8-31-21)19-17(18(15)27)13(2)9-16(23-19)24-10-14(11-24)30-7-4-6-26/h5,8-9,12,14,26H,3-4,6-7,10-11H2,1-2H3. The van der Waals surface area contributed by atoms with Crippen molar-refractivity contribution in [3.8, 4) is 5.13 Å². The minimum Gasteiger partial charge on any atom is -0.462 e. The highest BCUT2D eigenvalue weighted by atomic mass is 32.1. The number of nitrogens with zero attached hydrogens (tertiary/aromatic N) is 4. The van der Waals surface area contributed by atoms with Crippen LogP contribution >= 0.6 is 11.3 Å². The molecule has 0 saturated carbocycles. The number of hydrogen-bond donors (Lipinski definition) is 1. The molecule has 31 heavy (non-hydrogen) atoms. The molecule has 1 aliphatic rings. The third kappa shape index (κ3) is 4.18. The lowest BCUT2D eigenvalue weighted by Crippen LogP contribution is -2.52. The summed E-state index contributed by atoms with van der Waals surface area (Å²) in [4.78, 5) is 36.7. The molecule has 3 aromatic rings. The second-order valence-corrected chi connectivity index (χ2v) is 8.12. The van der Waals surface area contributed by atoms with Gasteiger partial charge in [-0.15, -0.1) is 11.3 Å². The average Bonchev–Trinajstić information content (AvgIpc) is 3.24. The van der Waals surface area contributed by atoms with Gasteiger partial charge in [-0.2, -0.15) is 0 Å². The van der Waals surface area contributed by atoms with Gasteiger partial charge >= 0.3 is 5.97 Å². The molecule has 0 spiro atoms. The Bertz CT molecular complexity index is 1140. The molecule has 0 amide bonds. The summed E-state index contributed by atoms with van der Waals surface area (Å²) >= 11 is 1.39. The summed E-state index contributed by atoms with van der Waals surface area (Å²) in [6.45, 7) is 5.73. The first-order chi connectivity index (χ1) is 15.0. The number of aliphatic hydroxyl groups excluding tert-OH is 1. The molecule has 9 nitrogen and oxygen atoms in total. The van der Waals surface area contributed by atoms with E-state index >= 15 is 0 Å². The fraction of sp³-hybridized carbons (Fsp3) is 0.429. The van der Waals surface area contributed by atoms with Crippen LogP contribution in [0.3, 0.4) is 0 Å². The smallest absolute Gasteiger partial charge is 0.343 e. The van der Waals surface area contributed by atoms with E-state index in [-0.39, 0.29) is 24.9 Å². The molecule has 0 radical (unpaired) electrons. The monoisotopic (exact) mass is 444 g/mol. The Kier molecular flexibility index (Phi) is 6.30. The van der Waals surface area contributed by atoms with Gasteiger partial charge in [-0.1, -0.05) is 0 Å². The number of hydrogen-bond acceptors (Lipinski definition) is 9. The van der Waals surface area contributed by atoms with Crippen LogP contribution < -0.4 is 10.3 Å². The van der Waals surface area contributed by atoms with Gasteiger partial charge in [0.25, 0.3) is 0 Å². The average molecular weight is 445 g/mol. The highest BCUT2D eigenvalue weighted by molar-refractivity contribution is 7.12. The summed E-state index contributed by atoms with van der Waals surface area (Å²) in [6.07, 6.45) is 3.84. The SMILES string of the molecule is CCOC(=O)c1cn(-c2nccs2)c2nc(N3CC(OCCCO)C3)cc(C)c2c1=O. The zero-order chi connectivity index (χ0) is 22.0. The van der Waals surface area contributed by atoms with Crippen molar-refractivity contribution in [1.29, 1.82) is 0 Å². The number of ether oxygens (including phenoxy) is 2. The van der Waals surface area contributed by atoms with Crippen molar-refractivity contribution in [3.63, 3.8) is 0 Å². The molecule has 164 valence electrons. The maximum atomic E-state index is 13.1. The highest BCUT2D eigenvalue weighted by Crippen LogP contribution is 2.27. The maximum absolute atomic E-state index is 13.1. The third-order valence-corrected chi connectivity index (χ3v) is 5.86. The molecule has 0 aromatic carbocycles. The Hall–Kier alpha value is -2.82. The number of aryl methyl sites for hydroxylation is 1. The van der Waals surface area contributed by atoms with Crippen LogP contribution in [-0.2, 0) is 9.47 Å². The normalized spacial score (nSPS) is 14.1. The van der Waals surface area contributed by atoms with Crippen molar-refractivity contribution in [2.45, 2.75) is 26.4 Å². The molecular formula is C21H24N4O5S. The summed E-state index contributed by atoms with van der Waals surface area (Å²) in [5.41, 5.74) is 0.744. The van der Waals surface area contributed by atoms with Crippen LogP contribution in [0.5, 0.6) is 0 Å². The Morgan fingerprint density at radius 3 is 2.87 bits per heavy atom. The van der Waals surface area contributed by atoms with E-state index in [9.17, 15) is 9.59 Å². The summed E-state index contributed by atoms with van der Waals surface area (Å²) in [7, 11) is 0. The number of aliphatic hydroxyl groups is 1. The van der Waals surface area contributed by atoms with Crippen molar-refractivity contribution in [2.75, 3.05) is 37.8 Å². The minimum absolute atomic E-state index is 0.0384. The predicted molar refractivity (Wildman–Crippen MR) is 117 cm³/mol. The molecule has 0 aliphatic carbocycles. The number of carbonyl (C=O) groups excluding carboxylic acids is 1. The van der Waals surface area contributed by atoms with E-state index in [1.54, 1.807) is 17.7 Å². The molecule has 1 fully saturated rings. The van der Waals surface area contributed by atoms with Gasteiger partial charge in [0.15, 0.2) is 10.8 Å². The van der Waals surface area contributed by atoms with Crippen molar-refractivity contribution in [2.24, 2.45) is 0 Å². The van der Waals surface area contributed by atoms with E-state index in [1.807, 2.05) is 18.4 Å². The molecule has 4 heterocycles. The first-order valence-corrected chi connectivity index (χ1v) is 11.0. The van der Waals surface area contributed by atoms with Gasteiger partial charge in [0.1, 0.15) is 11.4 Å². The number of esters is 1. The lowest BCUT2D eigenvalue weighted by Gasteiger charge is -2.40. The van der Waals surface area contributed by atoms with Crippen LogP contribution in [0.25, 0.3) is 16.2 Å². The number of rotatable bonds is 8. The molecular weight excluding hydrogens is 420 g/mol. The molecule has 4 rings (SSSR count). The lowest BCUT2D eigenvalue weighted by molar-refractivity contribution is 0.0265. The van der Waals surface area contributed by atoms with Crippen LogP contribution in [0.4, 0.5) is 5.82 Å². The zero-order valence-electron chi connectivity index (χ0n) is 17.4. The molecule has 1 N–H and O–H groups in total. The topological polar surface area (TPSA) is 107 Å². The highest BCUT2D eigenvalue weighted by Gasteiger charge is 2.30. The molecule has 1 saturated heterocycles. The van der Waals surface area contributed by atoms with Crippen LogP contribution in [-0.4, -0.2) is 64.6 Å². The summed E-state index contributed by atoms with van der Waals surface area (Å²) in [5.74, 6) is 0.0781. The molecule has 0 bridgehead atoms. The molecule has 10 heteroatoms. The second-order valence-electron chi connectivity index (χ2n) is 7.25. The molecule has 1 aliphatic heterocycles. The van der Waals surface area contributed by atoms with Crippen LogP contribution in [0, 0.1) is 6.92 Å². The first kappa shape index (κ1) is 21.4. The van der Waals surface area contributed by atoms with Gasteiger partial charge < -0.3 is 19.5 Å². The quantitative estimate of drug-likeness (QED) is 0.415. The fourth-order valence-corrected chi connectivity index (χ4v) is 4.14. The Morgan fingerprint density at radius 2 is 2.19 bits per heavy atom. The molecule has 0 atom stereocenters. The van der Waals surface area contributed by atoms with E-state index in [0.717, 1.165) is 11.4 Å². The van der Waals surface area contributed by atoms with Gasteiger partial charge in [0.05, 0.1) is 18.1 Å². The Morgan fingerprint density at radius 1 is 1.39 bits per heavy atom. The number of pyridine rings is 2. The van der Waals surface area contributed by atoms with Crippen molar-refractivity contribution in [1.82, 2.24) is 14.5 Å². The maximum Gasteiger partial charge on any atom is 0.343 e. The largest absolute Gasteiger partial charge is 0.462 e. The number of aromatic nitrogens is 3. The fourth-order valence-electron chi connectivity index (χ4n) is 3.52. The van der Waals surface area contributed by atoms with Crippen LogP contribution in [0.2, 0.25) is 0 Å². The van der Waals surface area contributed by atoms with Crippen LogP contribution in [0.15, 0.2) is 28.6 Å². The van der Waals surface area contributed by atoms with E-state index in [4.69, 9.17) is 19.6 Å². The Balaban J connectivity index is 1.75. The van der Waals surface area contributed by atoms with Crippen molar-refractivity contribution in [3.05, 3.63) is 45.2 Å².